The van der Waals surface area contributed by atoms with E-state index >= 15 is 0 Å². The molecule has 4 heteroatoms. The van der Waals surface area contributed by atoms with Gasteiger partial charge in [0.1, 0.15) is 5.82 Å². The number of hydrogen-bond donors (Lipinski definition) is 0. The molecule has 2 rings (SSSR count). The Bertz CT molecular complexity index is 431. The highest BCUT2D eigenvalue weighted by molar-refractivity contribution is 9.10. The van der Waals surface area contributed by atoms with Crippen LogP contribution in [-0.2, 0) is 0 Å². The monoisotopic (exact) mass is 299 g/mol. The number of hydrogen-bond acceptors (Lipinski definition) is 1. The molecule has 0 unspecified atom stereocenters. The zero-order valence-corrected chi connectivity index (χ0v) is 11.3. The van der Waals surface area contributed by atoms with Crippen LogP contribution in [0.5, 0.6) is 0 Å². The van der Waals surface area contributed by atoms with E-state index in [9.17, 15) is 9.18 Å². The topological polar surface area (TPSA) is 20.3 Å². The maximum Gasteiger partial charge on any atom is 0.257 e. The van der Waals surface area contributed by atoms with Crippen molar-refractivity contribution in [2.75, 3.05) is 6.54 Å². The van der Waals surface area contributed by atoms with Crippen LogP contribution in [0.4, 0.5) is 4.39 Å². The highest BCUT2D eigenvalue weighted by atomic mass is 79.9. The Balaban J connectivity index is 2.24. The number of amides is 1. The van der Waals surface area contributed by atoms with Gasteiger partial charge in [-0.25, -0.2) is 4.39 Å². The zero-order chi connectivity index (χ0) is 12.4. The van der Waals surface area contributed by atoms with Crippen molar-refractivity contribution in [1.29, 1.82) is 0 Å². The molecule has 0 aromatic heterocycles. The van der Waals surface area contributed by atoms with Crippen molar-refractivity contribution in [2.24, 2.45) is 0 Å². The molecule has 0 atom stereocenters. The Hall–Kier alpha value is -0.900. The lowest BCUT2D eigenvalue weighted by atomic mass is 10.1. The lowest BCUT2D eigenvalue weighted by Gasteiger charge is -2.22. The second-order valence-corrected chi connectivity index (χ2v) is 5.27. The number of carbonyl (C=O) groups excluding carboxylic acids is 1. The largest absolute Gasteiger partial charge is 0.336 e. The van der Waals surface area contributed by atoms with Crippen molar-refractivity contribution < 1.29 is 9.18 Å². The Morgan fingerprint density at radius 1 is 1.53 bits per heavy atom. The molecule has 0 spiro atoms. The van der Waals surface area contributed by atoms with Crippen LogP contribution in [0.2, 0.25) is 0 Å². The van der Waals surface area contributed by atoms with Gasteiger partial charge in [-0.1, -0.05) is 22.9 Å². The van der Waals surface area contributed by atoms with Crippen LogP contribution >= 0.6 is 15.9 Å². The van der Waals surface area contributed by atoms with E-state index < -0.39 is 5.82 Å². The molecule has 0 N–H and O–H groups in total. The molecule has 0 aliphatic heterocycles. The van der Waals surface area contributed by atoms with Gasteiger partial charge in [0.05, 0.1) is 5.56 Å². The van der Waals surface area contributed by atoms with Crippen LogP contribution in [-0.4, -0.2) is 23.4 Å². The summed E-state index contributed by atoms with van der Waals surface area (Å²) in [5.41, 5.74) is 0.166. The molecule has 92 valence electrons. The highest BCUT2D eigenvalue weighted by Crippen LogP contribution is 2.29. The normalized spacial score (nSPS) is 14.8. The van der Waals surface area contributed by atoms with Crippen molar-refractivity contribution in [2.45, 2.75) is 32.2 Å². The van der Waals surface area contributed by atoms with Gasteiger partial charge in [-0.2, -0.15) is 0 Å². The Labute approximate surface area is 109 Å². The van der Waals surface area contributed by atoms with E-state index in [-0.39, 0.29) is 11.5 Å². The lowest BCUT2D eigenvalue weighted by molar-refractivity contribution is 0.0738. The van der Waals surface area contributed by atoms with Crippen molar-refractivity contribution in [3.8, 4) is 0 Å². The molecule has 1 aromatic carbocycles. The van der Waals surface area contributed by atoms with Gasteiger partial charge in [-0.15, -0.1) is 0 Å². The van der Waals surface area contributed by atoms with E-state index in [1.54, 1.807) is 17.0 Å². The fraction of sp³-hybridized carbons (Fsp3) is 0.462. The summed E-state index contributed by atoms with van der Waals surface area (Å²) in [7, 11) is 0. The lowest BCUT2D eigenvalue weighted by Crippen LogP contribution is -2.34. The second-order valence-electron chi connectivity index (χ2n) is 4.35. The van der Waals surface area contributed by atoms with Crippen molar-refractivity contribution in [3.05, 3.63) is 34.1 Å². The van der Waals surface area contributed by atoms with E-state index in [1.807, 2.05) is 6.92 Å². The summed E-state index contributed by atoms with van der Waals surface area (Å²) in [5, 5.41) is 0. The summed E-state index contributed by atoms with van der Waals surface area (Å²) >= 11 is 3.27. The van der Waals surface area contributed by atoms with Gasteiger partial charge in [-0.3, -0.25) is 4.79 Å². The first kappa shape index (κ1) is 12.6. The first-order chi connectivity index (χ1) is 8.13. The average Bonchev–Trinajstić information content (AvgIpc) is 3.12. The van der Waals surface area contributed by atoms with Gasteiger partial charge in [0.25, 0.3) is 5.91 Å². The second kappa shape index (κ2) is 5.17. The Morgan fingerprint density at radius 2 is 2.24 bits per heavy atom. The molecule has 1 fully saturated rings. The number of halogens is 2. The molecular weight excluding hydrogens is 285 g/mol. The molecule has 1 aliphatic rings. The fourth-order valence-corrected chi connectivity index (χ4v) is 2.25. The molecule has 0 radical (unpaired) electrons. The quantitative estimate of drug-likeness (QED) is 0.832. The van der Waals surface area contributed by atoms with Crippen LogP contribution in [0.25, 0.3) is 0 Å². The summed E-state index contributed by atoms with van der Waals surface area (Å²) in [6.07, 6.45) is 2.99. The number of carbonyl (C=O) groups is 1. The molecule has 0 saturated heterocycles. The van der Waals surface area contributed by atoms with E-state index in [4.69, 9.17) is 0 Å². The molecule has 0 bridgehead atoms. The van der Waals surface area contributed by atoms with Crippen LogP contribution < -0.4 is 0 Å². The molecule has 1 amide bonds. The van der Waals surface area contributed by atoms with E-state index in [0.717, 1.165) is 23.7 Å². The molecule has 17 heavy (non-hydrogen) atoms. The van der Waals surface area contributed by atoms with Gasteiger partial charge >= 0.3 is 0 Å². The number of benzene rings is 1. The maximum absolute atomic E-state index is 13.6. The number of rotatable bonds is 4. The third-order valence-corrected chi connectivity index (χ3v) is 3.37. The highest BCUT2D eigenvalue weighted by Gasteiger charge is 2.33. The predicted octanol–water partition coefficient (Wildman–Crippen LogP) is 3.60. The van der Waals surface area contributed by atoms with Gasteiger partial charge < -0.3 is 4.90 Å². The van der Waals surface area contributed by atoms with E-state index in [2.05, 4.69) is 15.9 Å². The Morgan fingerprint density at radius 3 is 2.82 bits per heavy atom. The van der Waals surface area contributed by atoms with E-state index in [0.29, 0.717) is 12.6 Å². The Kier molecular flexibility index (Phi) is 3.82. The van der Waals surface area contributed by atoms with Crippen LogP contribution in [0.3, 0.4) is 0 Å². The van der Waals surface area contributed by atoms with Crippen LogP contribution in [0, 0.1) is 5.82 Å². The molecular formula is C13H15BrFNO. The van der Waals surface area contributed by atoms with Gasteiger partial charge in [0.2, 0.25) is 0 Å². The van der Waals surface area contributed by atoms with Gasteiger partial charge in [-0.05, 0) is 37.5 Å². The molecule has 1 aliphatic carbocycles. The summed E-state index contributed by atoms with van der Waals surface area (Å²) in [6.45, 7) is 2.73. The van der Waals surface area contributed by atoms with Crippen molar-refractivity contribution >= 4 is 21.8 Å². The summed E-state index contributed by atoms with van der Waals surface area (Å²) in [6, 6.07) is 4.81. The average molecular weight is 300 g/mol. The minimum Gasteiger partial charge on any atom is -0.336 e. The summed E-state index contributed by atoms with van der Waals surface area (Å²) in [4.78, 5) is 14.1. The fourth-order valence-electron chi connectivity index (χ4n) is 1.89. The molecule has 1 saturated carbocycles. The van der Waals surface area contributed by atoms with Gasteiger partial charge in [0.15, 0.2) is 0 Å². The SMILES string of the molecule is CCCN(C(=O)c1cc(Br)ccc1F)C1CC1. The number of nitrogens with zero attached hydrogens (tertiary/aromatic N) is 1. The summed E-state index contributed by atoms with van der Waals surface area (Å²) in [5.74, 6) is -0.631. The van der Waals surface area contributed by atoms with Crippen LogP contribution in [0.1, 0.15) is 36.5 Å². The minimum absolute atomic E-state index is 0.166. The van der Waals surface area contributed by atoms with E-state index in [1.165, 1.54) is 6.07 Å². The predicted molar refractivity (Wildman–Crippen MR) is 68.4 cm³/mol. The third kappa shape index (κ3) is 2.86. The molecule has 1 aromatic rings. The first-order valence-electron chi connectivity index (χ1n) is 5.89. The third-order valence-electron chi connectivity index (χ3n) is 2.87. The van der Waals surface area contributed by atoms with Gasteiger partial charge in [0, 0.05) is 17.1 Å². The van der Waals surface area contributed by atoms with Crippen molar-refractivity contribution in [1.82, 2.24) is 4.90 Å². The molecule has 0 heterocycles. The minimum atomic E-state index is -0.444. The summed E-state index contributed by atoms with van der Waals surface area (Å²) < 4.78 is 14.4. The maximum atomic E-state index is 13.6. The standard InChI is InChI=1S/C13H15BrFNO/c1-2-7-16(10-4-5-10)13(17)11-8-9(14)3-6-12(11)15/h3,6,8,10H,2,4-5,7H2,1H3. The zero-order valence-electron chi connectivity index (χ0n) is 9.75. The van der Waals surface area contributed by atoms with Crippen molar-refractivity contribution in [3.63, 3.8) is 0 Å². The van der Waals surface area contributed by atoms with Crippen LogP contribution in [0.15, 0.2) is 22.7 Å². The smallest absolute Gasteiger partial charge is 0.257 e. The first-order valence-corrected chi connectivity index (χ1v) is 6.68. The molecule has 2 nitrogen and oxygen atoms in total.